The number of likely N-dealkylation sites (tertiary alicyclic amines) is 1. The first-order valence-corrected chi connectivity index (χ1v) is 16.7. The SMILES string of the molecule is CCCN(CCCN1CCC[C@@H](C#N)C1)C(=O)Cn1cc(NC(=O)c2cnn3cccnc23)c(-c2cc(SC)ccc2OC(F)F)n1. The molecule has 1 atom stereocenters. The molecule has 0 radical (unpaired) electrons. The molecule has 0 aliphatic carbocycles. The summed E-state index contributed by atoms with van der Waals surface area (Å²) in [6.07, 6.45) is 11.4. The topological polar surface area (TPSA) is 134 Å². The zero-order valence-electron chi connectivity index (χ0n) is 26.3. The maximum atomic E-state index is 13.6. The second kappa shape index (κ2) is 15.8. The van der Waals surface area contributed by atoms with Crippen LogP contribution < -0.4 is 10.1 Å². The van der Waals surface area contributed by atoms with Crippen LogP contribution in [-0.2, 0) is 11.3 Å². The van der Waals surface area contributed by atoms with Crippen molar-refractivity contribution in [3.05, 3.63) is 54.6 Å². The highest BCUT2D eigenvalue weighted by molar-refractivity contribution is 7.98. The minimum Gasteiger partial charge on any atom is -0.434 e. The fourth-order valence-corrected chi connectivity index (χ4v) is 6.15. The van der Waals surface area contributed by atoms with Crippen molar-refractivity contribution in [1.29, 1.82) is 5.26 Å². The van der Waals surface area contributed by atoms with Gasteiger partial charge in [0, 0.05) is 48.7 Å². The van der Waals surface area contributed by atoms with Crippen molar-refractivity contribution in [2.24, 2.45) is 5.92 Å². The molecule has 4 aromatic rings. The predicted octanol–water partition coefficient (Wildman–Crippen LogP) is 5.03. The number of carbonyl (C=O) groups is 2. The summed E-state index contributed by atoms with van der Waals surface area (Å²) >= 11 is 1.41. The summed E-state index contributed by atoms with van der Waals surface area (Å²) in [5.74, 6) is -0.771. The van der Waals surface area contributed by atoms with Gasteiger partial charge >= 0.3 is 6.61 Å². The van der Waals surface area contributed by atoms with Crippen molar-refractivity contribution in [1.82, 2.24) is 34.2 Å². The number of nitrogens with one attached hydrogen (secondary N) is 1. The lowest BCUT2D eigenvalue weighted by molar-refractivity contribution is -0.132. The molecule has 12 nitrogen and oxygen atoms in total. The number of hydrogen-bond donors (Lipinski definition) is 1. The number of hydrogen-bond acceptors (Lipinski definition) is 9. The van der Waals surface area contributed by atoms with Crippen molar-refractivity contribution in [2.75, 3.05) is 44.3 Å². The fourth-order valence-electron chi connectivity index (χ4n) is 5.71. The van der Waals surface area contributed by atoms with E-state index in [9.17, 15) is 23.6 Å². The molecule has 0 bridgehead atoms. The minimum atomic E-state index is -3.08. The number of ether oxygens (including phenoxy) is 1. The number of carbonyl (C=O) groups excluding carboxylic acids is 2. The number of piperidine rings is 1. The maximum absolute atomic E-state index is 13.6. The Labute approximate surface area is 275 Å². The van der Waals surface area contributed by atoms with Crippen LogP contribution in [0.3, 0.4) is 0 Å². The lowest BCUT2D eigenvalue weighted by atomic mass is 10.00. The van der Waals surface area contributed by atoms with Crippen LogP contribution in [0.5, 0.6) is 5.75 Å². The molecule has 2 amide bonds. The Bertz CT molecular complexity index is 1740. The highest BCUT2D eigenvalue weighted by Gasteiger charge is 2.24. The second-order valence-corrected chi connectivity index (χ2v) is 12.1. The van der Waals surface area contributed by atoms with E-state index in [4.69, 9.17) is 4.74 Å². The zero-order chi connectivity index (χ0) is 33.3. The Morgan fingerprint density at radius 2 is 2.15 bits per heavy atom. The molecule has 47 heavy (non-hydrogen) atoms. The number of amides is 2. The minimum absolute atomic E-state index is 0.0492. The van der Waals surface area contributed by atoms with E-state index in [1.807, 2.05) is 13.2 Å². The second-order valence-electron chi connectivity index (χ2n) is 11.2. The van der Waals surface area contributed by atoms with Crippen LogP contribution >= 0.6 is 11.8 Å². The maximum Gasteiger partial charge on any atom is 0.387 e. The average Bonchev–Trinajstić information content (AvgIpc) is 3.68. The van der Waals surface area contributed by atoms with Gasteiger partial charge < -0.3 is 19.9 Å². The van der Waals surface area contributed by atoms with Crippen molar-refractivity contribution in [2.45, 2.75) is 50.7 Å². The molecule has 3 aromatic heterocycles. The van der Waals surface area contributed by atoms with Crippen molar-refractivity contribution < 1.29 is 23.1 Å². The monoisotopic (exact) mass is 665 g/mol. The van der Waals surface area contributed by atoms with Gasteiger partial charge in [0.25, 0.3) is 5.91 Å². The highest BCUT2D eigenvalue weighted by atomic mass is 32.2. The molecule has 1 aliphatic heterocycles. The number of benzene rings is 1. The van der Waals surface area contributed by atoms with Gasteiger partial charge in [-0.25, -0.2) is 9.50 Å². The number of anilines is 1. The van der Waals surface area contributed by atoms with Crippen LogP contribution in [0.2, 0.25) is 0 Å². The van der Waals surface area contributed by atoms with Crippen LogP contribution in [0.25, 0.3) is 16.9 Å². The normalized spacial score (nSPS) is 15.1. The van der Waals surface area contributed by atoms with Crippen LogP contribution in [0.15, 0.2) is 53.9 Å². The summed E-state index contributed by atoms with van der Waals surface area (Å²) < 4.78 is 34.6. The van der Waals surface area contributed by atoms with Gasteiger partial charge in [0.1, 0.15) is 23.6 Å². The van der Waals surface area contributed by atoms with Gasteiger partial charge in [-0.3, -0.25) is 14.3 Å². The molecule has 248 valence electrons. The van der Waals surface area contributed by atoms with Crippen LogP contribution in [0, 0.1) is 17.2 Å². The Morgan fingerprint density at radius 1 is 1.30 bits per heavy atom. The van der Waals surface area contributed by atoms with Gasteiger partial charge in [0.05, 0.1) is 23.9 Å². The first-order valence-electron chi connectivity index (χ1n) is 15.5. The van der Waals surface area contributed by atoms with E-state index in [2.05, 4.69) is 31.5 Å². The Kier molecular flexibility index (Phi) is 11.4. The summed E-state index contributed by atoms with van der Waals surface area (Å²) in [6.45, 7) is 2.39. The molecule has 5 rings (SSSR count). The van der Waals surface area contributed by atoms with E-state index >= 15 is 0 Å². The smallest absolute Gasteiger partial charge is 0.387 e. The first-order chi connectivity index (χ1) is 22.8. The van der Waals surface area contributed by atoms with Gasteiger partial charge in [-0.15, -0.1) is 11.8 Å². The van der Waals surface area contributed by atoms with Gasteiger partial charge in [-0.1, -0.05) is 6.92 Å². The number of thioether (sulfide) groups is 1. The number of rotatable bonds is 14. The Balaban J connectivity index is 1.40. The molecule has 0 saturated carbocycles. The van der Waals surface area contributed by atoms with E-state index in [1.54, 1.807) is 35.5 Å². The lowest BCUT2D eigenvalue weighted by Crippen LogP contribution is -2.39. The van der Waals surface area contributed by atoms with E-state index in [0.29, 0.717) is 18.7 Å². The van der Waals surface area contributed by atoms with Crippen molar-refractivity contribution in [3.63, 3.8) is 0 Å². The van der Waals surface area contributed by atoms with Crippen LogP contribution in [0.4, 0.5) is 14.5 Å². The van der Waals surface area contributed by atoms with Gasteiger partial charge in [0.15, 0.2) is 5.65 Å². The first kappa shape index (κ1) is 33.8. The molecule has 1 aromatic carbocycles. The number of aromatic nitrogens is 5. The van der Waals surface area contributed by atoms with Gasteiger partial charge in [0.2, 0.25) is 5.91 Å². The summed E-state index contributed by atoms with van der Waals surface area (Å²) in [5.41, 5.74) is 1.14. The van der Waals surface area contributed by atoms with Crippen LogP contribution in [-0.4, -0.2) is 91.6 Å². The Morgan fingerprint density at radius 3 is 2.91 bits per heavy atom. The van der Waals surface area contributed by atoms with E-state index in [-0.39, 0.29) is 46.6 Å². The summed E-state index contributed by atoms with van der Waals surface area (Å²) in [5, 5.41) is 20.9. The molecule has 0 spiro atoms. The number of nitrogens with zero attached hydrogens (tertiary/aromatic N) is 8. The molecule has 0 unspecified atom stereocenters. The third-order valence-corrected chi connectivity index (χ3v) is 8.65. The van der Waals surface area contributed by atoms with Crippen molar-refractivity contribution in [3.8, 4) is 23.1 Å². The summed E-state index contributed by atoms with van der Waals surface area (Å²) in [7, 11) is 0. The van der Waals surface area contributed by atoms with Crippen molar-refractivity contribution >= 4 is 34.9 Å². The number of alkyl halides is 2. The fraction of sp³-hybridized carbons (Fsp3) is 0.438. The zero-order valence-corrected chi connectivity index (χ0v) is 27.1. The largest absolute Gasteiger partial charge is 0.434 e. The van der Waals surface area contributed by atoms with E-state index in [0.717, 1.165) is 50.2 Å². The third-order valence-electron chi connectivity index (χ3n) is 7.93. The summed E-state index contributed by atoms with van der Waals surface area (Å²) in [6, 6.07) is 8.80. The molecule has 1 aliphatic rings. The number of fused-ring (bicyclic) bond motifs is 1. The molecule has 15 heteroatoms. The average molecular weight is 666 g/mol. The standard InChI is InChI=1S/C32H37F2N9O3S/c1-3-11-41(14-6-13-40-12-4-7-22(17-35)19-40)28(44)21-42-20-26(38-31(45)25-18-37-43-15-5-10-36-30(25)43)29(39-42)24-16-23(47-2)8-9-27(24)46-32(33)34/h5,8-10,15-16,18,20,22,32H,3-4,6-7,11-14,19,21H2,1-2H3,(H,38,45)/t22-/m0/s1. The Hall–Kier alpha value is -4.55. The molecular weight excluding hydrogens is 628 g/mol. The molecular formula is C32H37F2N9O3S. The molecule has 4 heterocycles. The molecule has 1 saturated heterocycles. The third kappa shape index (κ3) is 8.44. The lowest BCUT2D eigenvalue weighted by Gasteiger charge is -2.30. The molecule has 1 N–H and O–H groups in total. The molecule has 1 fully saturated rings. The predicted molar refractivity (Wildman–Crippen MR) is 173 cm³/mol. The quantitative estimate of drug-likeness (QED) is 0.184. The summed E-state index contributed by atoms with van der Waals surface area (Å²) in [4.78, 5) is 36.1. The van der Waals surface area contributed by atoms with E-state index in [1.165, 1.54) is 39.4 Å². The highest BCUT2D eigenvalue weighted by Crippen LogP contribution is 2.38. The number of nitriles is 1. The van der Waals surface area contributed by atoms with E-state index < -0.39 is 12.5 Å². The van der Waals surface area contributed by atoms with Gasteiger partial charge in [-0.2, -0.15) is 24.2 Å². The number of halogens is 2. The van der Waals surface area contributed by atoms with Gasteiger partial charge in [-0.05, 0) is 69.3 Å². The van der Waals surface area contributed by atoms with Crippen LogP contribution in [0.1, 0.15) is 43.0 Å².